The molecule has 16 heteroatoms. The van der Waals surface area contributed by atoms with Gasteiger partial charge in [-0.3, -0.25) is 43.4 Å². The van der Waals surface area contributed by atoms with Gasteiger partial charge in [0, 0.05) is 87.4 Å². The second kappa shape index (κ2) is 19.5. The van der Waals surface area contributed by atoms with E-state index in [1.165, 1.54) is 19.2 Å². The SMILES string of the molecule is Cc1ccc2c(CCCOc3cccc4ccccc34)c(C(=O)OC(C)(C)C)n(CCN3CCN(C(=O)COc4cccc5c4C(=O)N(C4CCC(=O)N(C)C4=O)C5=O)CC3)c2c1-c1c(C)nn(C)c1C. The summed E-state index contributed by atoms with van der Waals surface area (Å²) in [5, 5.41) is 7.93. The van der Waals surface area contributed by atoms with Crippen LogP contribution in [0, 0.1) is 20.8 Å². The summed E-state index contributed by atoms with van der Waals surface area (Å²) in [5.41, 5.74) is 6.72. The summed E-state index contributed by atoms with van der Waals surface area (Å²) >= 11 is 0. The fourth-order valence-corrected chi connectivity index (χ4v) is 10.4. The van der Waals surface area contributed by atoms with Crippen molar-refractivity contribution in [2.45, 2.75) is 85.4 Å². The summed E-state index contributed by atoms with van der Waals surface area (Å²) in [7, 11) is 3.28. The zero-order valence-corrected chi connectivity index (χ0v) is 41.8. The summed E-state index contributed by atoms with van der Waals surface area (Å²) in [5.74, 6) is -2.11. The van der Waals surface area contributed by atoms with Crippen LogP contribution in [0.4, 0.5) is 0 Å². The molecule has 5 heterocycles. The van der Waals surface area contributed by atoms with E-state index in [1.54, 1.807) is 11.0 Å². The Labute approximate surface area is 413 Å². The maximum Gasteiger partial charge on any atom is 0.355 e. The van der Waals surface area contributed by atoms with E-state index in [2.05, 4.69) is 53.6 Å². The lowest BCUT2D eigenvalue weighted by atomic mass is 9.94. The van der Waals surface area contributed by atoms with Crippen molar-refractivity contribution >= 4 is 57.2 Å². The summed E-state index contributed by atoms with van der Waals surface area (Å²) < 4.78 is 22.6. The van der Waals surface area contributed by atoms with Gasteiger partial charge in [0.15, 0.2) is 6.61 Å². The molecule has 5 amide bonds. The number of ether oxygens (including phenoxy) is 3. The largest absolute Gasteiger partial charge is 0.493 e. The molecule has 16 nitrogen and oxygen atoms in total. The molecule has 2 aromatic heterocycles. The minimum atomic E-state index is -1.11. The molecule has 1 unspecified atom stereocenters. The van der Waals surface area contributed by atoms with E-state index in [4.69, 9.17) is 19.3 Å². The number of amides is 5. The highest BCUT2D eigenvalue weighted by atomic mass is 16.6. The monoisotopic (exact) mass is 963 g/mol. The fraction of sp³-hybridized carbons (Fsp3) is 0.400. The lowest BCUT2D eigenvalue weighted by molar-refractivity contribution is -0.149. The highest BCUT2D eigenvalue weighted by molar-refractivity contribution is 6.24. The first-order valence-electron chi connectivity index (χ1n) is 24.4. The summed E-state index contributed by atoms with van der Waals surface area (Å²) in [4.78, 5) is 86.5. The van der Waals surface area contributed by atoms with Gasteiger partial charge in [-0.25, -0.2) is 4.79 Å². The number of nitrogens with zero attached hydrogens (tertiary/aromatic N) is 7. The molecule has 0 saturated carbocycles. The minimum Gasteiger partial charge on any atom is -0.493 e. The van der Waals surface area contributed by atoms with Crippen LogP contribution in [0.5, 0.6) is 11.5 Å². The molecule has 0 radical (unpaired) electrons. The van der Waals surface area contributed by atoms with E-state index < -0.39 is 35.3 Å². The number of carbonyl (C=O) groups excluding carboxylic acids is 6. The molecule has 370 valence electrons. The van der Waals surface area contributed by atoms with Crippen LogP contribution in [0.15, 0.2) is 72.8 Å². The standard InChI is InChI=1S/C55H61N7O9/c1-33-21-22-39-38(18-13-31-69-42-19-11-15-36-14-9-10-16-37(36)42)50(54(68)71-55(4,5)6)61(49(39)46(33)47-34(2)56-58(8)35(47)3)30-27-59-25-28-60(29-26-59)45(64)32-70-43-20-12-17-40-48(43)53(67)62(51(40)65)41-23-24-44(63)57(7)52(41)66/h9-12,14-17,19-22,41H,13,18,23-32H2,1-8H3. The van der Waals surface area contributed by atoms with Crippen molar-refractivity contribution in [1.29, 1.82) is 0 Å². The topological polar surface area (TPSA) is 166 Å². The summed E-state index contributed by atoms with van der Waals surface area (Å²) in [6, 6.07) is 22.0. The van der Waals surface area contributed by atoms with Crippen molar-refractivity contribution < 1.29 is 43.0 Å². The van der Waals surface area contributed by atoms with Gasteiger partial charge in [-0.05, 0) is 95.5 Å². The molecule has 2 saturated heterocycles. The Bertz CT molecular complexity index is 3130. The van der Waals surface area contributed by atoms with Gasteiger partial charge in [0.05, 0.1) is 28.9 Å². The van der Waals surface area contributed by atoms with E-state index in [-0.39, 0.29) is 48.1 Å². The lowest BCUT2D eigenvalue weighted by Crippen LogP contribution is -2.54. The number of rotatable bonds is 14. The van der Waals surface area contributed by atoms with Crippen molar-refractivity contribution in [3.63, 3.8) is 0 Å². The Hall–Kier alpha value is -7.33. The Morgan fingerprint density at radius 3 is 2.21 bits per heavy atom. The van der Waals surface area contributed by atoms with Crippen LogP contribution in [-0.4, -0.2) is 134 Å². The molecule has 2 fully saturated rings. The molecule has 0 N–H and O–H groups in total. The maximum atomic E-state index is 14.7. The quantitative estimate of drug-likeness (QED) is 0.0624. The Morgan fingerprint density at radius 1 is 0.761 bits per heavy atom. The number of carbonyl (C=O) groups is 6. The van der Waals surface area contributed by atoms with E-state index in [0.29, 0.717) is 64.4 Å². The van der Waals surface area contributed by atoms with Crippen LogP contribution in [0.3, 0.4) is 0 Å². The third kappa shape index (κ3) is 9.28. The van der Waals surface area contributed by atoms with Gasteiger partial charge in [-0.2, -0.15) is 5.10 Å². The zero-order valence-electron chi connectivity index (χ0n) is 41.8. The Balaban J connectivity index is 0.936. The van der Waals surface area contributed by atoms with Gasteiger partial charge in [-0.1, -0.05) is 54.6 Å². The third-order valence-electron chi connectivity index (χ3n) is 14.0. The van der Waals surface area contributed by atoms with Gasteiger partial charge in [0.25, 0.3) is 23.6 Å². The van der Waals surface area contributed by atoms with Crippen molar-refractivity contribution in [2.24, 2.45) is 7.05 Å². The van der Waals surface area contributed by atoms with Crippen molar-refractivity contribution in [3.8, 4) is 22.6 Å². The zero-order chi connectivity index (χ0) is 50.5. The van der Waals surface area contributed by atoms with Crippen molar-refractivity contribution in [1.82, 2.24) is 33.9 Å². The first-order chi connectivity index (χ1) is 33.9. The van der Waals surface area contributed by atoms with Crippen LogP contribution in [0.2, 0.25) is 0 Å². The number of benzene rings is 4. The number of esters is 1. The predicted molar refractivity (Wildman–Crippen MR) is 268 cm³/mol. The van der Waals surface area contributed by atoms with Crippen molar-refractivity contribution in [3.05, 3.63) is 112 Å². The number of imide groups is 2. The number of aromatic nitrogens is 3. The number of likely N-dealkylation sites (N-methyl/N-ethyl adjacent to an activating group) is 1. The van der Waals surface area contributed by atoms with Crippen LogP contribution >= 0.6 is 0 Å². The molecule has 3 aliphatic rings. The minimum absolute atomic E-state index is 0.00429. The van der Waals surface area contributed by atoms with E-state index in [9.17, 15) is 28.8 Å². The number of likely N-dealkylation sites (tertiary alicyclic amines) is 1. The smallest absolute Gasteiger partial charge is 0.355 e. The molecular formula is C55H61N7O9. The fourth-order valence-electron chi connectivity index (χ4n) is 10.4. The van der Waals surface area contributed by atoms with E-state index in [1.807, 2.05) is 63.7 Å². The van der Waals surface area contributed by atoms with Gasteiger partial charge < -0.3 is 23.7 Å². The highest BCUT2D eigenvalue weighted by Crippen LogP contribution is 2.41. The van der Waals surface area contributed by atoms with Gasteiger partial charge >= 0.3 is 5.97 Å². The summed E-state index contributed by atoms with van der Waals surface area (Å²) in [6.45, 7) is 14.9. The second-order valence-electron chi connectivity index (χ2n) is 19.7. The van der Waals surface area contributed by atoms with E-state index >= 15 is 0 Å². The number of hydrogen-bond donors (Lipinski definition) is 0. The van der Waals surface area contributed by atoms with Crippen LogP contribution in [-0.2, 0) is 39.1 Å². The number of piperidine rings is 1. The third-order valence-corrected chi connectivity index (χ3v) is 14.0. The number of aryl methyl sites for hydroxylation is 4. The second-order valence-corrected chi connectivity index (χ2v) is 19.7. The van der Waals surface area contributed by atoms with Crippen LogP contribution in [0.25, 0.3) is 32.8 Å². The molecule has 1 atom stereocenters. The Kier molecular flexibility index (Phi) is 13.3. The first-order valence-corrected chi connectivity index (χ1v) is 24.4. The van der Waals surface area contributed by atoms with Gasteiger partial charge in [0.2, 0.25) is 5.91 Å². The van der Waals surface area contributed by atoms with Crippen molar-refractivity contribution in [2.75, 3.05) is 53.0 Å². The van der Waals surface area contributed by atoms with E-state index in [0.717, 1.165) is 70.9 Å². The number of hydrogen-bond acceptors (Lipinski definition) is 11. The molecule has 4 aromatic carbocycles. The Morgan fingerprint density at radius 2 is 1.48 bits per heavy atom. The molecule has 9 rings (SSSR count). The molecule has 0 aliphatic carbocycles. The average Bonchev–Trinajstić information content (AvgIpc) is 3.90. The number of fused-ring (bicyclic) bond motifs is 3. The highest BCUT2D eigenvalue weighted by Gasteiger charge is 2.47. The predicted octanol–water partition coefficient (Wildman–Crippen LogP) is 7.05. The molecule has 0 bridgehead atoms. The maximum absolute atomic E-state index is 14.7. The van der Waals surface area contributed by atoms with Gasteiger partial charge in [0.1, 0.15) is 28.8 Å². The molecular weight excluding hydrogens is 903 g/mol. The number of piperazine rings is 1. The molecule has 3 aliphatic heterocycles. The normalized spacial score (nSPS) is 16.7. The molecule has 71 heavy (non-hydrogen) atoms. The van der Waals surface area contributed by atoms with Crippen LogP contribution in [0.1, 0.15) is 93.8 Å². The van der Waals surface area contributed by atoms with Gasteiger partial charge in [-0.15, -0.1) is 0 Å². The lowest BCUT2D eigenvalue weighted by Gasteiger charge is -2.35. The summed E-state index contributed by atoms with van der Waals surface area (Å²) in [6.07, 6.45) is 1.28. The molecule has 6 aromatic rings. The first kappa shape index (κ1) is 48.7. The van der Waals surface area contributed by atoms with Crippen LogP contribution < -0.4 is 9.47 Å². The molecule has 0 spiro atoms. The average molecular weight is 964 g/mol.